The molecule has 0 amide bonds. The lowest BCUT2D eigenvalue weighted by atomic mass is 10.1. The summed E-state index contributed by atoms with van der Waals surface area (Å²) in [4.78, 5) is 1.20. The minimum Gasteiger partial charge on any atom is -0.399 e. The van der Waals surface area contributed by atoms with Crippen LogP contribution in [-0.4, -0.2) is 8.42 Å². The number of thiophene rings is 1. The van der Waals surface area contributed by atoms with E-state index in [0.29, 0.717) is 12.1 Å². The highest BCUT2D eigenvalue weighted by molar-refractivity contribution is 9.10. The van der Waals surface area contributed by atoms with Gasteiger partial charge in [0.15, 0.2) is 0 Å². The molecule has 1 aromatic heterocycles. The third-order valence-electron chi connectivity index (χ3n) is 2.88. The summed E-state index contributed by atoms with van der Waals surface area (Å²) < 4.78 is 28.3. The number of hydrogen-bond donors (Lipinski definition) is 2. The zero-order valence-corrected chi connectivity index (χ0v) is 14.1. The van der Waals surface area contributed by atoms with Gasteiger partial charge in [0.05, 0.1) is 4.90 Å². The highest BCUT2D eigenvalue weighted by Crippen LogP contribution is 2.24. The quantitative estimate of drug-likeness (QED) is 0.789. The Labute approximate surface area is 131 Å². The first-order valence-corrected chi connectivity index (χ1v) is 9.19. The molecule has 4 nitrogen and oxygen atoms in total. The predicted molar refractivity (Wildman–Crippen MR) is 86.3 cm³/mol. The van der Waals surface area contributed by atoms with Crippen molar-refractivity contribution in [3.63, 3.8) is 0 Å². The Balaban J connectivity index is 2.26. The van der Waals surface area contributed by atoms with Gasteiger partial charge in [0.2, 0.25) is 10.0 Å². The Morgan fingerprint density at radius 1 is 1.35 bits per heavy atom. The van der Waals surface area contributed by atoms with E-state index < -0.39 is 10.0 Å². The van der Waals surface area contributed by atoms with Crippen molar-refractivity contribution >= 4 is 43.0 Å². The molecule has 0 fully saturated rings. The second-order valence-corrected chi connectivity index (χ2v) is 7.83. The predicted octanol–water partition coefficient (Wildman–Crippen LogP) is 3.13. The summed E-state index contributed by atoms with van der Waals surface area (Å²) in [6, 6.07) is 6.87. The molecule has 0 saturated carbocycles. The van der Waals surface area contributed by atoms with Crippen molar-refractivity contribution in [1.82, 2.24) is 4.72 Å². The standard InChI is InChI=1S/C13H15BrN2O2S2/c1-2-9-3-4-10(15)7-13(9)20(17,18)16-8-12-11(14)5-6-19-12/h3-7,16H,2,8,15H2,1H3. The van der Waals surface area contributed by atoms with E-state index in [0.717, 1.165) is 14.9 Å². The SMILES string of the molecule is CCc1ccc(N)cc1S(=O)(=O)NCc1sccc1Br. The molecule has 0 bridgehead atoms. The summed E-state index contributed by atoms with van der Waals surface area (Å²) in [7, 11) is -3.56. The van der Waals surface area contributed by atoms with Crippen LogP contribution in [0.4, 0.5) is 5.69 Å². The molecular weight excluding hydrogens is 360 g/mol. The number of benzene rings is 1. The fourth-order valence-electron chi connectivity index (χ4n) is 1.80. The summed E-state index contributed by atoms with van der Waals surface area (Å²) in [5, 5.41) is 1.91. The summed E-state index contributed by atoms with van der Waals surface area (Å²) in [5.41, 5.74) is 6.90. The second kappa shape index (κ2) is 6.26. The van der Waals surface area contributed by atoms with E-state index in [2.05, 4.69) is 20.7 Å². The van der Waals surface area contributed by atoms with E-state index in [-0.39, 0.29) is 11.4 Å². The Hall–Kier alpha value is -0.890. The van der Waals surface area contributed by atoms with Crippen LogP contribution in [0.5, 0.6) is 0 Å². The molecule has 0 aliphatic carbocycles. The molecule has 0 aliphatic rings. The molecule has 7 heteroatoms. The molecule has 0 atom stereocenters. The minimum absolute atomic E-state index is 0.257. The highest BCUT2D eigenvalue weighted by atomic mass is 79.9. The number of rotatable bonds is 5. The fourth-order valence-corrected chi connectivity index (χ4v) is 4.67. The molecule has 20 heavy (non-hydrogen) atoms. The van der Waals surface area contributed by atoms with Crippen LogP contribution in [0, 0.1) is 0 Å². The van der Waals surface area contributed by atoms with Crippen LogP contribution in [0.1, 0.15) is 17.4 Å². The van der Waals surface area contributed by atoms with Gasteiger partial charge in [0, 0.05) is 21.6 Å². The van der Waals surface area contributed by atoms with Crippen molar-refractivity contribution in [3.8, 4) is 0 Å². The molecule has 1 heterocycles. The molecule has 0 radical (unpaired) electrons. The number of hydrogen-bond acceptors (Lipinski definition) is 4. The Bertz CT molecular complexity index is 711. The van der Waals surface area contributed by atoms with Crippen molar-refractivity contribution < 1.29 is 8.42 Å². The van der Waals surface area contributed by atoms with E-state index in [1.54, 1.807) is 12.1 Å². The maximum absolute atomic E-state index is 12.4. The number of nitrogens with one attached hydrogen (secondary N) is 1. The maximum Gasteiger partial charge on any atom is 0.241 e. The van der Waals surface area contributed by atoms with Gasteiger partial charge in [-0.05, 0) is 51.5 Å². The first kappa shape index (κ1) is 15.5. The molecular formula is C13H15BrN2O2S2. The molecule has 2 rings (SSSR count). The Morgan fingerprint density at radius 2 is 2.10 bits per heavy atom. The zero-order valence-electron chi connectivity index (χ0n) is 10.9. The van der Waals surface area contributed by atoms with Gasteiger partial charge >= 0.3 is 0 Å². The number of sulfonamides is 1. The number of halogens is 1. The number of aryl methyl sites for hydroxylation is 1. The van der Waals surface area contributed by atoms with Gasteiger partial charge in [-0.25, -0.2) is 13.1 Å². The van der Waals surface area contributed by atoms with Crippen LogP contribution in [0.15, 0.2) is 39.0 Å². The van der Waals surface area contributed by atoms with Crippen molar-refractivity contribution in [2.24, 2.45) is 0 Å². The van der Waals surface area contributed by atoms with Crippen LogP contribution in [0.3, 0.4) is 0 Å². The summed E-state index contributed by atoms with van der Waals surface area (Å²) in [6.45, 7) is 2.18. The van der Waals surface area contributed by atoms with Gasteiger partial charge < -0.3 is 5.73 Å². The van der Waals surface area contributed by atoms with E-state index in [4.69, 9.17) is 5.73 Å². The van der Waals surface area contributed by atoms with E-state index in [1.807, 2.05) is 18.4 Å². The monoisotopic (exact) mass is 374 g/mol. The van der Waals surface area contributed by atoms with Gasteiger partial charge in [-0.1, -0.05) is 13.0 Å². The van der Waals surface area contributed by atoms with E-state index in [9.17, 15) is 8.42 Å². The molecule has 1 aromatic carbocycles. The topological polar surface area (TPSA) is 72.2 Å². The van der Waals surface area contributed by atoms with Crippen LogP contribution < -0.4 is 10.5 Å². The number of nitrogen functional groups attached to an aromatic ring is 1. The summed E-state index contributed by atoms with van der Waals surface area (Å²) in [6.07, 6.45) is 0.638. The average molecular weight is 375 g/mol. The maximum atomic E-state index is 12.4. The lowest BCUT2D eigenvalue weighted by molar-refractivity contribution is 0.580. The van der Waals surface area contributed by atoms with Gasteiger partial charge in [0.25, 0.3) is 0 Å². The van der Waals surface area contributed by atoms with Crippen molar-refractivity contribution in [1.29, 1.82) is 0 Å². The lowest BCUT2D eigenvalue weighted by Crippen LogP contribution is -2.24. The normalized spacial score (nSPS) is 11.7. The molecule has 3 N–H and O–H groups in total. The van der Waals surface area contributed by atoms with Crippen LogP contribution in [-0.2, 0) is 23.0 Å². The van der Waals surface area contributed by atoms with Crippen molar-refractivity contribution in [3.05, 3.63) is 44.6 Å². The summed E-state index contributed by atoms with van der Waals surface area (Å²) >= 11 is 4.89. The molecule has 2 aromatic rings. The first-order chi connectivity index (χ1) is 9.44. The first-order valence-electron chi connectivity index (χ1n) is 6.04. The highest BCUT2D eigenvalue weighted by Gasteiger charge is 2.18. The second-order valence-electron chi connectivity index (χ2n) is 4.24. The van der Waals surface area contributed by atoms with Gasteiger partial charge in [0.1, 0.15) is 0 Å². The minimum atomic E-state index is -3.56. The molecule has 108 valence electrons. The molecule has 0 aliphatic heterocycles. The zero-order chi connectivity index (χ0) is 14.8. The largest absolute Gasteiger partial charge is 0.399 e. The third kappa shape index (κ3) is 3.41. The lowest BCUT2D eigenvalue weighted by Gasteiger charge is -2.11. The van der Waals surface area contributed by atoms with Crippen LogP contribution in [0.2, 0.25) is 0 Å². The fraction of sp³-hybridized carbons (Fsp3) is 0.231. The van der Waals surface area contributed by atoms with E-state index >= 15 is 0 Å². The Morgan fingerprint density at radius 3 is 2.70 bits per heavy atom. The van der Waals surface area contributed by atoms with Crippen LogP contribution in [0.25, 0.3) is 0 Å². The third-order valence-corrected chi connectivity index (χ3v) is 6.29. The van der Waals surface area contributed by atoms with Crippen molar-refractivity contribution in [2.45, 2.75) is 24.8 Å². The van der Waals surface area contributed by atoms with Gasteiger partial charge in [-0.2, -0.15) is 0 Å². The van der Waals surface area contributed by atoms with Crippen LogP contribution >= 0.6 is 27.3 Å². The smallest absolute Gasteiger partial charge is 0.241 e. The Kier molecular flexibility index (Phi) is 4.85. The average Bonchev–Trinajstić information content (AvgIpc) is 2.82. The molecule has 0 spiro atoms. The number of nitrogens with two attached hydrogens (primary N) is 1. The van der Waals surface area contributed by atoms with E-state index in [1.165, 1.54) is 17.4 Å². The van der Waals surface area contributed by atoms with Gasteiger partial charge in [-0.3, -0.25) is 0 Å². The molecule has 0 unspecified atom stereocenters. The summed E-state index contributed by atoms with van der Waals surface area (Å²) in [5.74, 6) is 0. The van der Waals surface area contributed by atoms with Crippen molar-refractivity contribution in [2.75, 3.05) is 5.73 Å². The molecule has 0 saturated heterocycles. The number of anilines is 1. The van der Waals surface area contributed by atoms with Gasteiger partial charge in [-0.15, -0.1) is 11.3 Å².